The van der Waals surface area contributed by atoms with Crippen molar-refractivity contribution in [2.45, 2.75) is 13.3 Å². The van der Waals surface area contributed by atoms with Gasteiger partial charge in [-0.3, -0.25) is 4.98 Å². The summed E-state index contributed by atoms with van der Waals surface area (Å²) in [6.07, 6.45) is 4.42. The minimum atomic E-state index is 0.587. The number of hydrogen-bond acceptors (Lipinski definition) is 2. The number of aryl methyl sites for hydroxylation is 1. The lowest BCUT2D eigenvalue weighted by Gasteiger charge is -2.05. The van der Waals surface area contributed by atoms with Crippen LogP contribution in [0.1, 0.15) is 18.1 Å². The number of aromatic nitrogens is 1. The standard InChI is InChI=1S/C18H14N2/c1-2-13-3-4-16-9-17(6-5-15(16)7-13)18-8-14(10-19)11-20-12-18/h3-9,11-12H,2H2,1H3. The van der Waals surface area contributed by atoms with E-state index < -0.39 is 0 Å². The number of nitriles is 1. The van der Waals surface area contributed by atoms with E-state index >= 15 is 0 Å². The van der Waals surface area contributed by atoms with Crippen molar-refractivity contribution in [2.75, 3.05) is 0 Å². The lowest BCUT2D eigenvalue weighted by molar-refractivity contribution is 1.15. The fourth-order valence-electron chi connectivity index (χ4n) is 2.35. The van der Waals surface area contributed by atoms with Gasteiger partial charge in [-0.25, -0.2) is 0 Å². The van der Waals surface area contributed by atoms with Crippen molar-refractivity contribution in [3.05, 3.63) is 66.0 Å². The van der Waals surface area contributed by atoms with Gasteiger partial charge in [0.05, 0.1) is 5.56 Å². The molecule has 0 aliphatic carbocycles. The summed E-state index contributed by atoms with van der Waals surface area (Å²) in [4.78, 5) is 4.12. The van der Waals surface area contributed by atoms with Crippen molar-refractivity contribution in [3.63, 3.8) is 0 Å². The van der Waals surface area contributed by atoms with Gasteiger partial charge in [-0.2, -0.15) is 5.26 Å². The van der Waals surface area contributed by atoms with Crippen LogP contribution in [0.25, 0.3) is 21.9 Å². The van der Waals surface area contributed by atoms with Crippen LogP contribution in [0.5, 0.6) is 0 Å². The molecule has 0 radical (unpaired) electrons. The molecule has 0 saturated carbocycles. The van der Waals surface area contributed by atoms with E-state index in [4.69, 9.17) is 5.26 Å². The Labute approximate surface area is 118 Å². The van der Waals surface area contributed by atoms with Gasteiger partial charge < -0.3 is 0 Å². The first-order valence-electron chi connectivity index (χ1n) is 6.68. The second-order valence-electron chi connectivity index (χ2n) is 4.82. The first-order valence-corrected chi connectivity index (χ1v) is 6.68. The minimum Gasteiger partial charge on any atom is -0.263 e. The summed E-state index contributed by atoms with van der Waals surface area (Å²) in [6, 6.07) is 16.9. The van der Waals surface area contributed by atoms with E-state index in [1.807, 2.05) is 6.07 Å². The minimum absolute atomic E-state index is 0.587. The molecule has 0 N–H and O–H groups in total. The average Bonchev–Trinajstić information content (AvgIpc) is 2.54. The molecule has 0 aliphatic heterocycles. The molecule has 3 aromatic rings. The zero-order chi connectivity index (χ0) is 13.9. The maximum Gasteiger partial charge on any atom is 0.101 e. The SMILES string of the molecule is CCc1ccc2cc(-c3cncc(C#N)c3)ccc2c1. The zero-order valence-corrected chi connectivity index (χ0v) is 11.3. The third-order valence-corrected chi connectivity index (χ3v) is 3.51. The van der Waals surface area contributed by atoms with Gasteiger partial charge in [0.25, 0.3) is 0 Å². The van der Waals surface area contributed by atoms with Gasteiger partial charge in [-0.15, -0.1) is 0 Å². The molecule has 1 aromatic heterocycles. The number of nitrogens with zero attached hydrogens (tertiary/aromatic N) is 2. The average molecular weight is 258 g/mol. The van der Waals surface area contributed by atoms with Crippen LogP contribution in [0.2, 0.25) is 0 Å². The topological polar surface area (TPSA) is 36.7 Å². The molecule has 2 aromatic carbocycles. The molecule has 0 fully saturated rings. The van der Waals surface area contributed by atoms with E-state index in [9.17, 15) is 0 Å². The predicted molar refractivity (Wildman–Crippen MR) is 81.3 cm³/mol. The van der Waals surface area contributed by atoms with Crippen molar-refractivity contribution in [3.8, 4) is 17.2 Å². The molecule has 2 nitrogen and oxygen atoms in total. The Kier molecular flexibility index (Phi) is 3.18. The number of hydrogen-bond donors (Lipinski definition) is 0. The highest BCUT2D eigenvalue weighted by Gasteiger charge is 2.02. The first-order chi connectivity index (χ1) is 9.80. The van der Waals surface area contributed by atoms with E-state index in [0.717, 1.165) is 17.5 Å². The molecule has 96 valence electrons. The fraction of sp³-hybridized carbons (Fsp3) is 0.111. The van der Waals surface area contributed by atoms with Crippen molar-refractivity contribution in [1.82, 2.24) is 4.98 Å². The molecular weight excluding hydrogens is 244 g/mol. The quantitative estimate of drug-likeness (QED) is 0.685. The number of rotatable bonds is 2. The monoisotopic (exact) mass is 258 g/mol. The molecule has 1 heterocycles. The second-order valence-corrected chi connectivity index (χ2v) is 4.82. The summed E-state index contributed by atoms with van der Waals surface area (Å²) in [6.45, 7) is 2.16. The molecule has 0 saturated heterocycles. The van der Waals surface area contributed by atoms with Gasteiger partial charge in [-0.05, 0) is 40.5 Å². The summed E-state index contributed by atoms with van der Waals surface area (Å²) in [5.74, 6) is 0. The Balaban J connectivity index is 2.11. The molecule has 0 unspecified atom stereocenters. The second kappa shape index (κ2) is 5.14. The van der Waals surface area contributed by atoms with Gasteiger partial charge in [0.2, 0.25) is 0 Å². The van der Waals surface area contributed by atoms with Crippen molar-refractivity contribution < 1.29 is 0 Å². The smallest absolute Gasteiger partial charge is 0.101 e. The van der Waals surface area contributed by atoms with E-state index in [2.05, 4.69) is 54.4 Å². The molecule has 0 bridgehead atoms. The lowest BCUT2D eigenvalue weighted by Crippen LogP contribution is -1.85. The van der Waals surface area contributed by atoms with Crippen LogP contribution in [0, 0.1) is 11.3 Å². The number of benzene rings is 2. The van der Waals surface area contributed by atoms with Crippen LogP contribution in [-0.2, 0) is 6.42 Å². The molecular formula is C18H14N2. The molecule has 3 rings (SSSR count). The summed E-state index contributed by atoms with van der Waals surface area (Å²) in [5, 5.41) is 11.4. The number of fused-ring (bicyclic) bond motifs is 1. The molecule has 2 heteroatoms. The Bertz CT molecular complexity index is 813. The Morgan fingerprint density at radius 1 is 0.950 bits per heavy atom. The van der Waals surface area contributed by atoms with Gasteiger partial charge in [0.15, 0.2) is 0 Å². The third kappa shape index (κ3) is 2.26. The molecule has 20 heavy (non-hydrogen) atoms. The molecule has 0 aliphatic rings. The van der Waals surface area contributed by atoms with Gasteiger partial charge in [-0.1, -0.05) is 37.3 Å². The van der Waals surface area contributed by atoms with Gasteiger partial charge >= 0.3 is 0 Å². The largest absolute Gasteiger partial charge is 0.263 e. The van der Waals surface area contributed by atoms with Crippen LogP contribution in [-0.4, -0.2) is 4.98 Å². The van der Waals surface area contributed by atoms with Crippen LogP contribution in [0.15, 0.2) is 54.9 Å². The van der Waals surface area contributed by atoms with Crippen LogP contribution in [0.3, 0.4) is 0 Å². The van der Waals surface area contributed by atoms with E-state index in [1.54, 1.807) is 12.4 Å². The van der Waals surface area contributed by atoms with E-state index in [-0.39, 0.29) is 0 Å². The Hall–Kier alpha value is -2.66. The highest BCUT2D eigenvalue weighted by atomic mass is 14.6. The summed E-state index contributed by atoms with van der Waals surface area (Å²) < 4.78 is 0. The maximum absolute atomic E-state index is 8.95. The highest BCUT2D eigenvalue weighted by molar-refractivity contribution is 5.87. The molecule has 0 amide bonds. The first kappa shape index (κ1) is 12.4. The highest BCUT2D eigenvalue weighted by Crippen LogP contribution is 2.25. The van der Waals surface area contributed by atoms with Gasteiger partial charge in [0.1, 0.15) is 6.07 Å². The normalized spacial score (nSPS) is 10.4. The summed E-state index contributed by atoms with van der Waals surface area (Å²) in [7, 11) is 0. The van der Waals surface area contributed by atoms with Crippen LogP contribution >= 0.6 is 0 Å². The van der Waals surface area contributed by atoms with Crippen LogP contribution in [0.4, 0.5) is 0 Å². The van der Waals surface area contributed by atoms with E-state index in [1.165, 1.54) is 16.3 Å². The third-order valence-electron chi connectivity index (χ3n) is 3.51. The molecule has 0 spiro atoms. The van der Waals surface area contributed by atoms with Crippen LogP contribution < -0.4 is 0 Å². The summed E-state index contributed by atoms with van der Waals surface area (Å²) >= 11 is 0. The fourth-order valence-corrected chi connectivity index (χ4v) is 2.35. The lowest BCUT2D eigenvalue weighted by atomic mass is 10.00. The zero-order valence-electron chi connectivity index (χ0n) is 11.3. The predicted octanol–water partition coefficient (Wildman–Crippen LogP) is 4.34. The molecule has 0 atom stereocenters. The van der Waals surface area contributed by atoms with Gasteiger partial charge in [0, 0.05) is 18.0 Å². The Morgan fingerprint density at radius 2 is 1.75 bits per heavy atom. The van der Waals surface area contributed by atoms with Crippen molar-refractivity contribution >= 4 is 10.8 Å². The Morgan fingerprint density at radius 3 is 2.55 bits per heavy atom. The van der Waals surface area contributed by atoms with Crippen molar-refractivity contribution in [1.29, 1.82) is 5.26 Å². The van der Waals surface area contributed by atoms with Crippen molar-refractivity contribution in [2.24, 2.45) is 0 Å². The maximum atomic E-state index is 8.95. The summed E-state index contributed by atoms with van der Waals surface area (Å²) in [5.41, 5.74) is 4.00. The number of pyridine rings is 1. The van der Waals surface area contributed by atoms with E-state index in [0.29, 0.717) is 5.56 Å².